The lowest BCUT2D eigenvalue weighted by Crippen LogP contribution is -2.54. The fourth-order valence-corrected chi connectivity index (χ4v) is 4.37. The second kappa shape index (κ2) is 9.57. The van der Waals surface area contributed by atoms with Crippen LogP contribution in [0.3, 0.4) is 0 Å². The quantitative estimate of drug-likeness (QED) is 0.770. The van der Waals surface area contributed by atoms with E-state index in [1.54, 1.807) is 0 Å². The van der Waals surface area contributed by atoms with E-state index >= 15 is 0 Å². The lowest BCUT2D eigenvalue weighted by atomic mass is 9.83. The number of likely N-dealkylation sites (tertiary alicyclic amines) is 1. The zero-order valence-electron chi connectivity index (χ0n) is 16.6. The molecule has 0 aliphatic carbocycles. The van der Waals surface area contributed by atoms with Crippen LogP contribution in [0, 0.1) is 0 Å². The summed E-state index contributed by atoms with van der Waals surface area (Å²) < 4.78 is 6.28. The molecule has 9 heteroatoms. The molecule has 4 rings (SSSR count). The molecule has 4 heterocycles. The third-order valence-electron chi connectivity index (χ3n) is 5.92. The molecule has 0 radical (unpaired) electrons. The van der Waals surface area contributed by atoms with Crippen LogP contribution >= 0.6 is 24.8 Å². The monoisotopic (exact) mass is 431 g/mol. The molecular weight excluding hydrogens is 401 g/mol. The molecule has 2 saturated heterocycles. The molecule has 1 aromatic rings. The standard InChI is InChI=1S/C19H29N5O2.2ClH/c1-23(2)18-21-13-14-6-12-26-19(16(14)22-18)7-10-24(11-8-19)17(25)15-5-3-4-9-20-15;;/h13,15,20H,3-12H2,1-2H3;2*1H/t15-;;/m1../s1. The van der Waals surface area contributed by atoms with Crippen molar-refractivity contribution >= 4 is 36.7 Å². The summed E-state index contributed by atoms with van der Waals surface area (Å²) in [5.41, 5.74) is 1.86. The number of aromatic nitrogens is 2. The Morgan fingerprint density at radius 2 is 2.04 bits per heavy atom. The number of rotatable bonds is 2. The summed E-state index contributed by atoms with van der Waals surface area (Å²) in [6.07, 6.45) is 7.70. The predicted octanol–water partition coefficient (Wildman–Crippen LogP) is 1.92. The van der Waals surface area contributed by atoms with E-state index in [-0.39, 0.29) is 42.4 Å². The summed E-state index contributed by atoms with van der Waals surface area (Å²) in [6, 6.07) is 0.0000269. The van der Waals surface area contributed by atoms with Gasteiger partial charge in [-0.1, -0.05) is 6.42 Å². The summed E-state index contributed by atoms with van der Waals surface area (Å²) in [6.45, 7) is 3.13. The summed E-state index contributed by atoms with van der Waals surface area (Å²) in [4.78, 5) is 26.0. The van der Waals surface area contributed by atoms with Gasteiger partial charge in [0.05, 0.1) is 18.3 Å². The van der Waals surface area contributed by atoms with Crippen LogP contribution in [0.25, 0.3) is 0 Å². The van der Waals surface area contributed by atoms with Crippen molar-refractivity contribution in [1.82, 2.24) is 20.2 Å². The van der Waals surface area contributed by atoms with Crippen molar-refractivity contribution in [2.75, 3.05) is 45.2 Å². The summed E-state index contributed by atoms with van der Waals surface area (Å²) in [7, 11) is 3.91. The number of nitrogens with one attached hydrogen (secondary N) is 1. The lowest BCUT2D eigenvalue weighted by molar-refractivity contribution is -0.143. The van der Waals surface area contributed by atoms with Crippen LogP contribution < -0.4 is 10.2 Å². The van der Waals surface area contributed by atoms with Crippen LogP contribution in [0.15, 0.2) is 6.20 Å². The van der Waals surface area contributed by atoms with E-state index in [9.17, 15) is 4.79 Å². The van der Waals surface area contributed by atoms with Gasteiger partial charge in [-0.2, -0.15) is 0 Å². The molecule has 28 heavy (non-hydrogen) atoms. The smallest absolute Gasteiger partial charge is 0.239 e. The molecule has 3 aliphatic heterocycles. The Labute approximate surface area is 179 Å². The first-order valence-corrected chi connectivity index (χ1v) is 9.79. The van der Waals surface area contributed by atoms with Crippen LogP contribution in [-0.2, 0) is 21.6 Å². The first-order chi connectivity index (χ1) is 12.6. The number of carbonyl (C=O) groups is 1. The Kier molecular flexibility index (Phi) is 7.90. The summed E-state index contributed by atoms with van der Waals surface area (Å²) in [5, 5.41) is 3.37. The van der Waals surface area contributed by atoms with Gasteiger partial charge in [0, 0.05) is 33.4 Å². The SMILES string of the molecule is CN(C)c1ncc2c(n1)C1(CCN(C(=O)[C@H]3CCCCN3)CC1)OCC2.Cl.Cl. The highest BCUT2D eigenvalue weighted by atomic mass is 35.5. The van der Waals surface area contributed by atoms with E-state index < -0.39 is 0 Å². The van der Waals surface area contributed by atoms with Crippen molar-refractivity contribution < 1.29 is 9.53 Å². The van der Waals surface area contributed by atoms with Crippen LogP contribution in [0.5, 0.6) is 0 Å². The summed E-state index contributed by atoms with van der Waals surface area (Å²) >= 11 is 0. The van der Waals surface area contributed by atoms with Gasteiger partial charge in [0.25, 0.3) is 0 Å². The normalized spacial score (nSPS) is 23.2. The third-order valence-corrected chi connectivity index (χ3v) is 5.92. The number of fused-ring (bicyclic) bond motifs is 2. The van der Waals surface area contributed by atoms with E-state index in [1.807, 2.05) is 30.1 Å². The zero-order chi connectivity index (χ0) is 18.1. The van der Waals surface area contributed by atoms with Gasteiger partial charge in [0.2, 0.25) is 11.9 Å². The van der Waals surface area contributed by atoms with Crippen molar-refractivity contribution in [3.05, 3.63) is 17.5 Å². The zero-order valence-corrected chi connectivity index (χ0v) is 18.3. The van der Waals surface area contributed by atoms with E-state index in [1.165, 1.54) is 12.0 Å². The highest BCUT2D eigenvalue weighted by molar-refractivity contribution is 5.85. The van der Waals surface area contributed by atoms with Crippen LogP contribution in [0.1, 0.15) is 43.4 Å². The van der Waals surface area contributed by atoms with Gasteiger partial charge >= 0.3 is 0 Å². The second-order valence-corrected chi connectivity index (χ2v) is 7.86. The predicted molar refractivity (Wildman–Crippen MR) is 114 cm³/mol. The number of amides is 1. The molecular formula is C19H31Cl2N5O2. The molecule has 1 atom stereocenters. The van der Waals surface area contributed by atoms with E-state index in [0.29, 0.717) is 6.61 Å². The summed E-state index contributed by atoms with van der Waals surface area (Å²) in [5.74, 6) is 0.978. The van der Waals surface area contributed by atoms with Gasteiger partial charge < -0.3 is 19.9 Å². The van der Waals surface area contributed by atoms with Crippen molar-refractivity contribution in [2.45, 2.75) is 50.2 Å². The maximum absolute atomic E-state index is 12.8. The fourth-order valence-electron chi connectivity index (χ4n) is 4.37. The van der Waals surface area contributed by atoms with Crippen molar-refractivity contribution in [2.24, 2.45) is 0 Å². The number of ether oxygens (including phenoxy) is 1. The molecule has 1 amide bonds. The molecule has 2 fully saturated rings. The first-order valence-electron chi connectivity index (χ1n) is 9.79. The molecule has 158 valence electrons. The molecule has 0 saturated carbocycles. The molecule has 1 spiro atoms. The average molecular weight is 432 g/mol. The van der Waals surface area contributed by atoms with Gasteiger partial charge in [-0.15, -0.1) is 24.8 Å². The Morgan fingerprint density at radius 3 is 2.68 bits per heavy atom. The topological polar surface area (TPSA) is 70.6 Å². The number of hydrogen-bond donors (Lipinski definition) is 1. The van der Waals surface area contributed by atoms with Crippen LogP contribution in [0.2, 0.25) is 0 Å². The van der Waals surface area contributed by atoms with Crippen LogP contribution in [0.4, 0.5) is 5.95 Å². The molecule has 0 bridgehead atoms. The van der Waals surface area contributed by atoms with Gasteiger partial charge in [-0.05, 0) is 44.2 Å². The number of piperidine rings is 2. The third kappa shape index (κ3) is 4.37. The van der Waals surface area contributed by atoms with Gasteiger partial charge in [0.1, 0.15) is 5.60 Å². The highest BCUT2D eigenvalue weighted by Crippen LogP contribution is 2.40. The molecule has 1 aromatic heterocycles. The highest BCUT2D eigenvalue weighted by Gasteiger charge is 2.44. The number of nitrogens with zero attached hydrogens (tertiary/aromatic N) is 4. The average Bonchev–Trinajstić information content (AvgIpc) is 2.69. The maximum atomic E-state index is 12.8. The minimum atomic E-state index is -0.363. The molecule has 1 N–H and O–H groups in total. The van der Waals surface area contributed by atoms with Crippen molar-refractivity contribution in [3.8, 4) is 0 Å². The Balaban J connectivity index is 0.00000140. The first kappa shape index (κ1) is 23.1. The molecule has 0 aromatic carbocycles. The largest absolute Gasteiger partial charge is 0.368 e. The van der Waals surface area contributed by atoms with Gasteiger partial charge in [-0.3, -0.25) is 4.79 Å². The Morgan fingerprint density at radius 1 is 1.29 bits per heavy atom. The molecule has 0 unspecified atom stereocenters. The van der Waals surface area contributed by atoms with E-state index in [0.717, 1.165) is 63.4 Å². The molecule has 7 nitrogen and oxygen atoms in total. The Bertz CT molecular complexity index is 674. The minimum absolute atomic E-state index is 0. The number of halogens is 2. The second-order valence-electron chi connectivity index (χ2n) is 7.86. The number of carbonyl (C=O) groups excluding carboxylic acids is 1. The maximum Gasteiger partial charge on any atom is 0.239 e. The van der Waals surface area contributed by atoms with Crippen molar-refractivity contribution in [1.29, 1.82) is 0 Å². The van der Waals surface area contributed by atoms with E-state index in [2.05, 4.69) is 10.3 Å². The van der Waals surface area contributed by atoms with Crippen molar-refractivity contribution in [3.63, 3.8) is 0 Å². The fraction of sp³-hybridized carbons (Fsp3) is 0.737. The number of anilines is 1. The van der Waals surface area contributed by atoms with Crippen LogP contribution in [-0.4, -0.2) is 67.2 Å². The van der Waals surface area contributed by atoms with Gasteiger partial charge in [0.15, 0.2) is 0 Å². The minimum Gasteiger partial charge on any atom is -0.368 e. The Hall–Kier alpha value is -1.15. The van der Waals surface area contributed by atoms with Gasteiger partial charge in [-0.25, -0.2) is 9.97 Å². The van der Waals surface area contributed by atoms with E-state index in [4.69, 9.17) is 9.72 Å². The lowest BCUT2D eigenvalue weighted by Gasteiger charge is -2.45. The molecule has 3 aliphatic rings. The number of hydrogen-bond acceptors (Lipinski definition) is 6.